The molecule has 0 amide bonds. The van der Waals surface area contributed by atoms with Crippen molar-refractivity contribution in [1.29, 1.82) is 5.26 Å². The van der Waals surface area contributed by atoms with Crippen molar-refractivity contribution in [3.05, 3.63) is 0 Å². The Kier molecular flexibility index (Phi) is 10.8. The molecule has 0 aliphatic carbocycles. The van der Waals surface area contributed by atoms with Gasteiger partial charge in [0, 0.05) is 0 Å². The number of nitrogens with zero attached hydrogens (tertiary/aromatic N) is 1. The molecule has 0 aliphatic heterocycles. The Balaban J connectivity index is 0. The van der Waals surface area contributed by atoms with Gasteiger partial charge >= 0.3 is 53.9 Å². The molecule has 0 rings (SSSR count). The third kappa shape index (κ3) is 6.59. The summed E-state index contributed by atoms with van der Waals surface area (Å²) in [6.07, 6.45) is 2.24. The maximum atomic E-state index is 8.25. The van der Waals surface area contributed by atoms with Gasteiger partial charge in [-0.15, -0.1) is 17.0 Å². The zero-order valence-corrected chi connectivity index (χ0v) is 9.73. The Morgan fingerprint density at radius 2 is 2.25 bits per heavy atom. The first-order valence-electron chi connectivity index (χ1n) is 2.54. The minimum atomic E-state index is 0. The molecule has 0 saturated carbocycles. The molecule has 0 aromatic rings. The van der Waals surface area contributed by atoms with Gasteiger partial charge in [-0.1, -0.05) is 0 Å². The van der Waals surface area contributed by atoms with Crippen LogP contribution in [0.1, 0.15) is 19.8 Å². The van der Waals surface area contributed by atoms with Gasteiger partial charge in [0.25, 0.3) is 0 Å². The Hall–Kier alpha value is 0.593. The fourth-order valence-corrected chi connectivity index (χ4v) is 1.27. The molecule has 0 N–H and O–H groups in total. The average Bonchev–Trinajstić information content (AvgIpc) is 1.68. The summed E-state index contributed by atoms with van der Waals surface area (Å²) in [7, 11) is 0. The summed E-state index contributed by atoms with van der Waals surface area (Å²) < 4.78 is 0.380. The van der Waals surface area contributed by atoms with E-state index in [0.717, 1.165) is 31.1 Å². The van der Waals surface area contributed by atoms with Crippen LogP contribution >= 0.6 is 17.0 Å². The van der Waals surface area contributed by atoms with Gasteiger partial charge in [0.1, 0.15) is 0 Å². The van der Waals surface area contributed by atoms with Crippen molar-refractivity contribution in [1.82, 2.24) is 0 Å². The van der Waals surface area contributed by atoms with Crippen LogP contribution in [0.5, 0.6) is 0 Å². The molecule has 0 heterocycles. The van der Waals surface area contributed by atoms with E-state index in [0.29, 0.717) is 4.51 Å². The number of halogens is 1. The summed E-state index contributed by atoms with van der Waals surface area (Å²) in [5.74, 6) is 0. The molecule has 0 saturated heterocycles. The van der Waals surface area contributed by atoms with Crippen LogP contribution in [-0.2, 0) is 18.3 Å². The first-order valence-corrected chi connectivity index (χ1v) is 4.25. The quantitative estimate of drug-likeness (QED) is 0.665. The molecule has 0 fully saturated rings. The molecule has 1 nitrogen and oxygen atoms in total. The Bertz CT molecular complexity index is 79.0. The van der Waals surface area contributed by atoms with E-state index < -0.39 is 0 Å². The summed E-state index contributed by atoms with van der Waals surface area (Å²) in [4.78, 5) is 0. The normalized spacial score (nSPS) is 11.2. The molecule has 0 radical (unpaired) electrons. The Morgan fingerprint density at radius 1 is 1.75 bits per heavy atom. The fourth-order valence-electron chi connectivity index (χ4n) is 0.413. The van der Waals surface area contributed by atoms with Crippen LogP contribution in [0.25, 0.3) is 0 Å². The summed E-state index contributed by atoms with van der Waals surface area (Å²) in [6.45, 7) is 2.11. The van der Waals surface area contributed by atoms with Crippen LogP contribution in [0, 0.1) is 11.3 Å². The summed E-state index contributed by atoms with van der Waals surface area (Å²) >= 11 is 1.13. The van der Waals surface area contributed by atoms with Crippen LogP contribution in [0.15, 0.2) is 0 Å². The number of hydrogen-bond acceptors (Lipinski definition) is 1. The van der Waals surface area contributed by atoms with Gasteiger partial charge < -0.3 is 0 Å². The monoisotopic (exact) mass is 226 g/mol. The van der Waals surface area contributed by atoms with Crippen LogP contribution in [0.2, 0.25) is 4.51 Å². The molecular formula is C5H9BrNZn. The van der Waals surface area contributed by atoms with Crippen molar-refractivity contribution in [2.75, 3.05) is 0 Å². The van der Waals surface area contributed by atoms with Crippen molar-refractivity contribution >= 4 is 17.0 Å². The van der Waals surface area contributed by atoms with Crippen molar-refractivity contribution in [2.45, 2.75) is 24.3 Å². The van der Waals surface area contributed by atoms with E-state index in [1.165, 1.54) is 0 Å². The molecule has 0 aliphatic rings. The van der Waals surface area contributed by atoms with Crippen molar-refractivity contribution in [2.24, 2.45) is 0 Å². The Morgan fingerprint density at radius 3 is 2.38 bits per heavy atom. The van der Waals surface area contributed by atoms with E-state index in [2.05, 4.69) is 13.0 Å². The molecule has 0 aromatic carbocycles. The number of rotatable bonds is 2. The van der Waals surface area contributed by atoms with E-state index in [1.54, 1.807) is 0 Å². The second-order valence-electron chi connectivity index (χ2n) is 1.61. The first kappa shape index (κ1) is 11.4. The first-order chi connectivity index (χ1) is 3.31. The van der Waals surface area contributed by atoms with E-state index >= 15 is 0 Å². The Labute approximate surface area is 70.9 Å². The van der Waals surface area contributed by atoms with Gasteiger partial charge in [-0.2, -0.15) is 0 Å². The summed E-state index contributed by atoms with van der Waals surface area (Å²) in [5, 5.41) is 8.25. The van der Waals surface area contributed by atoms with Gasteiger partial charge in [-0.3, -0.25) is 0 Å². The van der Waals surface area contributed by atoms with Gasteiger partial charge in [0.2, 0.25) is 0 Å². The molecule has 0 aromatic heterocycles. The zero-order valence-electron chi connectivity index (χ0n) is 5.05. The van der Waals surface area contributed by atoms with Crippen molar-refractivity contribution < 1.29 is 18.3 Å². The van der Waals surface area contributed by atoms with E-state index in [1.807, 2.05) is 0 Å². The van der Waals surface area contributed by atoms with Gasteiger partial charge in [0.05, 0.1) is 0 Å². The third-order valence-electron chi connectivity index (χ3n) is 0.820. The standard InChI is InChI=1S/C5H8N.BrH.Zn/c1-2-3-4-5-6;;/h4H,2-3H2,1H3;1H;. The van der Waals surface area contributed by atoms with Crippen LogP contribution in [0.4, 0.5) is 0 Å². The second-order valence-corrected chi connectivity index (χ2v) is 3.68. The third-order valence-corrected chi connectivity index (χ3v) is 2.06. The van der Waals surface area contributed by atoms with E-state index in [4.69, 9.17) is 5.26 Å². The van der Waals surface area contributed by atoms with Gasteiger partial charge in [0.15, 0.2) is 0 Å². The maximum absolute atomic E-state index is 8.25. The van der Waals surface area contributed by atoms with Crippen LogP contribution < -0.4 is 0 Å². The topological polar surface area (TPSA) is 23.8 Å². The fraction of sp³-hybridized carbons (Fsp3) is 0.800. The molecule has 1 atom stereocenters. The summed E-state index contributed by atoms with van der Waals surface area (Å²) in [5.41, 5.74) is 0. The SMILES string of the molecule is Br.CCC[CH]([Zn])C#N. The van der Waals surface area contributed by atoms with Crippen molar-refractivity contribution in [3.63, 3.8) is 0 Å². The molecule has 8 heavy (non-hydrogen) atoms. The molecule has 1 unspecified atom stereocenters. The molecule has 0 spiro atoms. The van der Waals surface area contributed by atoms with Crippen LogP contribution in [0.3, 0.4) is 0 Å². The second kappa shape index (κ2) is 7.59. The minimum absolute atomic E-state index is 0. The summed E-state index contributed by atoms with van der Waals surface area (Å²) in [6, 6.07) is 2.22. The van der Waals surface area contributed by atoms with Gasteiger partial charge in [-0.25, -0.2) is 0 Å². The van der Waals surface area contributed by atoms with E-state index in [-0.39, 0.29) is 17.0 Å². The van der Waals surface area contributed by atoms with E-state index in [9.17, 15) is 0 Å². The average molecular weight is 228 g/mol. The predicted octanol–water partition coefficient (Wildman–Crippen LogP) is 2.22. The zero-order chi connectivity index (χ0) is 5.70. The molecular weight excluding hydrogens is 219 g/mol. The number of nitriles is 1. The predicted molar refractivity (Wildman–Crippen MR) is 34.6 cm³/mol. The van der Waals surface area contributed by atoms with Crippen LogP contribution in [-0.4, -0.2) is 0 Å². The number of hydrogen-bond donors (Lipinski definition) is 0. The molecule has 43 valence electrons. The van der Waals surface area contributed by atoms with Crippen molar-refractivity contribution in [3.8, 4) is 6.07 Å². The molecule has 0 bridgehead atoms. The molecule has 3 heteroatoms. The van der Waals surface area contributed by atoms with Gasteiger partial charge in [-0.05, 0) is 0 Å².